The van der Waals surface area contributed by atoms with E-state index in [2.05, 4.69) is 10.2 Å². The number of carbonyl (C=O) groups excluding carboxylic acids is 2. The van der Waals surface area contributed by atoms with E-state index in [9.17, 15) is 9.59 Å². The standard InChI is InChI=1S/C31H37FN4O5/c1-31(2,3)41-30(38)35(4)14-15-40-21-8-6-19(7-9-21)24-16-25(22-10-11-26(39-5)27(32)28(22)34-24)36-17-20-12-13-33-29(37)23(20)18-36/h6-11,16,20,23H,12-15,17-18H2,1-5H3,(H,33,37). The second-order valence-electron chi connectivity index (χ2n) is 11.6. The van der Waals surface area contributed by atoms with E-state index in [-0.39, 0.29) is 29.0 Å². The van der Waals surface area contributed by atoms with Crippen LogP contribution in [0.15, 0.2) is 42.5 Å². The fraction of sp³-hybridized carbons (Fsp3) is 0.452. The molecule has 2 aromatic carbocycles. The van der Waals surface area contributed by atoms with Gasteiger partial charge in [0.2, 0.25) is 5.91 Å². The highest BCUT2D eigenvalue weighted by molar-refractivity contribution is 5.96. The number of piperidine rings is 1. The molecule has 218 valence electrons. The summed E-state index contributed by atoms with van der Waals surface area (Å²) in [4.78, 5) is 33.0. The van der Waals surface area contributed by atoms with Crippen molar-refractivity contribution in [1.29, 1.82) is 0 Å². The molecule has 0 saturated carbocycles. The van der Waals surface area contributed by atoms with Crippen molar-refractivity contribution in [2.45, 2.75) is 32.8 Å². The first-order valence-electron chi connectivity index (χ1n) is 13.9. The number of nitrogens with zero attached hydrogens (tertiary/aromatic N) is 3. The Kier molecular flexibility index (Phi) is 7.93. The fourth-order valence-corrected chi connectivity index (χ4v) is 5.41. The largest absolute Gasteiger partial charge is 0.494 e. The minimum absolute atomic E-state index is 0.0793. The summed E-state index contributed by atoms with van der Waals surface area (Å²) in [5.74, 6) is 0.519. The van der Waals surface area contributed by atoms with Crippen LogP contribution in [-0.4, -0.2) is 74.4 Å². The molecule has 0 bridgehead atoms. The molecule has 5 rings (SSSR count). The normalized spacial score (nSPS) is 18.6. The number of likely N-dealkylation sites (N-methyl/N-ethyl adjacent to an activating group) is 1. The Balaban J connectivity index is 1.37. The number of hydrogen-bond acceptors (Lipinski definition) is 7. The summed E-state index contributed by atoms with van der Waals surface area (Å²) in [7, 11) is 3.10. The van der Waals surface area contributed by atoms with E-state index in [0.29, 0.717) is 43.1 Å². The third-order valence-electron chi connectivity index (χ3n) is 7.57. The van der Waals surface area contributed by atoms with Gasteiger partial charge in [0.1, 0.15) is 23.5 Å². The number of amides is 2. The van der Waals surface area contributed by atoms with Crippen molar-refractivity contribution in [1.82, 2.24) is 15.2 Å². The van der Waals surface area contributed by atoms with Crippen molar-refractivity contribution in [2.75, 3.05) is 51.8 Å². The van der Waals surface area contributed by atoms with Gasteiger partial charge in [0.05, 0.1) is 25.3 Å². The Morgan fingerprint density at radius 2 is 1.93 bits per heavy atom. The number of aromatic nitrogens is 1. The van der Waals surface area contributed by atoms with Gasteiger partial charge in [-0.25, -0.2) is 14.2 Å². The van der Waals surface area contributed by atoms with Crippen molar-refractivity contribution >= 4 is 28.6 Å². The van der Waals surface area contributed by atoms with Gasteiger partial charge in [0.25, 0.3) is 0 Å². The first kappa shape index (κ1) is 28.4. The predicted octanol–water partition coefficient (Wildman–Crippen LogP) is 4.87. The number of carbonyl (C=O) groups is 2. The first-order valence-corrected chi connectivity index (χ1v) is 13.9. The molecule has 3 aromatic rings. The number of rotatable bonds is 7. The van der Waals surface area contributed by atoms with Gasteiger partial charge in [-0.2, -0.15) is 0 Å². The van der Waals surface area contributed by atoms with Crippen LogP contribution in [0.25, 0.3) is 22.2 Å². The van der Waals surface area contributed by atoms with Gasteiger partial charge in [0.15, 0.2) is 11.6 Å². The maximum Gasteiger partial charge on any atom is 0.410 e. The molecule has 2 unspecified atom stereocenters. The maximum absolute atomic E-state index is 15.5. The summed E-state index contributed by atoms with van der Waals surface area (Å²) in [6.45, 7) is 8.13. The summed E-state index contributed by atoms with van der Waals surface area (Å²) in [5, 5.41) is 3.65. The van der Waals surface area contributed by atoms with Crippen molar-refractivity contribution < 1.29 is 28.2 Å². The fourth-order valence-electron chi connectivity index (χ4n) is 5.41. The molecule has 2 aliphatic rings. The monoisotopic (exact) mass is 564 g/mol. The molecule has 2 saturated heterocycles. The molecule has 3 heterocycles. The van der Waals surface area contributed by atoms with Crippen molar-refractivity contribution in [3.63, 3.8) is 0 Å². The molecule has 41 heavy (non-hydrogen) atoms. The average Bonchev–Trinajstić information content (AvgIpc) is 3.38. The van der Waals surface area contributed by atoms with Crippen LogP contribution < -0.4 is 19.7 Å². The Bertz CT molecular complexity index is 1440. The number of benzene rings is 2. The molecule has 9 nitrogen and oxygen atoms in total. The van der Waals surface area contributed by atoms with E-state index in [1.807, 2.05) is 57.2 Å². The van der Waals surface area contributed by atoms with E-state index >= 15 is 4.39 Å². The number of anilines is 1. The lowest BCUT2D eigenvalue weighted by Crippen LogP contribution is -2.41. The Morgan fingerprint density at radius 3 is 2.61 bits per heavy atom. The van der Waals surface area contributed by atoms with Crippen LogP contribution in [0.3, 0.4) is 0 Å². The van der Waals surface area contributed by atoms with Crippen LogP contribution in [0.5, 0.6) is 11.5 Å². The molecule has 2 atom stereocenters. The van der Waals surface area contributed by atoms with Crippen LogP contribution in [0, 0.1) is 17.7 Å². The topological polar surface area (TPSA) is 93.2 Å². The van der Waals surface area contributed by atoms with E-state index < -0.39 is 17.5 Å². The van der Waals surface area contributed by atoms with E-state index in [0.717, 1.165) is 24.2 Å². The lowest BCUT2D eigenvalue weighted by Gasteiger charge is -2.24. The van der Waals surface area contributed by atoms with Gasteiger partial charge in [-0.3, -0.25) is 4.79 Å². The minimum atomic E-state index is -0.561. The van der Waals surface area contributed by atoms with Crippen LogP contribution in [-0.2, 0) is 9.53 Å². The summed E-state index contributed by atoms with van der Waals surface area (Å²) in [6, 6.07) is 12.8. The predicted molar refractivity (Wildman–Crippen MR) is 155 cm³/mol. The number of pyridine rings is 1. The van der Waals surface area contributed by atoms with Crippen molar-refractivity contribution in [3.05, 3.63) is 48.3 Å². The molecule has 2 aliphatic heterocycles. The SMILES string of the molecule is COc1ccc2c(N3CC4CCNC(=O)C4C3)cc(-c3ccc(OCCN(C)C(=O)OC(C)(C)C)cc3)nc2c1F. The van der Waals surface area contributed by atoms with E-state index in [1.165, 1.54) is 12.0 Å². The highest BCUT2D eigenvalue weighted by atomic mass is 19.1. The molecule has 2 fully saturated rings. The van der Waals surface area contributed by atoms with E-state index in [1.54, 1.807) is 13.1 Å². The number of nitrogens with one attached hydrogen (secondary N) is 1. The quantitative estimate of drug-likeness (QED) is 0.438. The van der Waals surface area contributed by atoms with Crippen LogP contribution >= 0.6 is 0 Å². The number of fused-ring (bicyclic) bond motifs is 2. The summed E-state index contributed by atoms with van der Waals surface area (Å²) < 4.78 is 31.9. The van der Waals surface area contributed by atoms with Crippen LogP contribution in [0.2, 0.25) is 0 Å². The van der Waals surface area contributed by atoms with Crippen molar-refractivity contribution in [3.8, 4) is 22.8 Å². The number of hydrogen-bond donors (Lipinski definition) is 1. The molecule has 0 radical (unpaired) electrons. The maximum atomic E-state index is 15.5. The van der Waals surface area contributed by atoms with Gasteiger partial charge in [0, 0.05) is 43.3 Å². The van der Waals surface area contributed by atoms with Gasteiger partial charge in [-0.15, -0.1) is 0 Å². The van der Waals surface area contributed by atoms with Crippen LogP contribution in [0.1, 0.15) is 27.2 Å². The second-order valence-corrected chi connectivity index (χ2v) is 11.6. The molecule has 0 spiro atoms. The molecular formula is C31H37FN4O5. The molecule has 1 N–H and O–H groups in total. The van der Waals surface area contributed by atoms with Gasteiger partial charge in [-0.1, -0.05) is 0 Å². The summed E-state index contributed by atoms with van der Waals surface area (Å²) >= 11 is 0. The third kappa shape index (κ3) is 6.16. The third-order valence-corrected chi connectivity index (χ3v) is 7.57. The Morgan fingerprint density at radius 1 is 1.17 bits per heavy atom. The lowest BCUT2D eigenvalue weighted by atomic mass is 9.89. The number of halogens is 1. The molecule has 10 heteroatoms. The smallest absolute Gasteiger partial charge is 0.410 e. The zero-order valence-electron chi connectivity index (χ0n) is 24.2. The highest BCUT2D eigenvalue weighted by Crippen LogP contribution is 2.39. The van der Waals surface area contributed by atoms with Gasteiger partial charge >= 0.3 is 6.09 Å². The molecule has 0 aliphatic carbocycles. The zero-order chi connectivity index (χ0) is 29.3. The first-order chi connectivity index (χ1) is 19.5. The highest BCUT2D eigenvalue weighted by Gasteiger charge is 2.40. The molecule has 1 aromatic heterocycles. The Hall–Kier alpha value is -4.08. The summed E-state index contributed by atoms with van der Waals surface area (Å²) in [5.41, 5.74) is 1.91. The number of methoxy groups -OCH3 is 1. The van der Waals surface area contributed by atoms with Crippen LogP contribution in [0.4, 0.5) is 14.9 Å². The van der Waals surface area contributed by atoms with Gasteiger partial charge < -0.3 is 29.3 Å². The van der Waals surface area contributed by atoms with Crippen molar-refractivity contribution in [2.24, 2.45) is 11.8 Å². The molecular weight excluding hydrogens is 527 g/mol. The second kappa shape index (κ2) is 11.4. The summed E-state index contributed by atoms with van der Waals surface area (Å²) in [6.07, 6.45) is 0.524. The number of ether oxygens (including phenoxy) is 3. The Labute approximate surface area is 239 Å². The lowest BCUT2D eigenvalue weighted by molar-refractivity contribution is -0.127. The van der Waals surface area contributed by atoms with E-state index in [4.69, 9.17) is 19.2 Å². The molecule has 2 amide bonds. The van der Waals surface area contributed by atoms with Gasteiger partial charge in [-0.05, 0) is 75.6 Å². The zero-order valence-corrected chi connectivity index (χ0v) is 24.2. The average molecular weight is 565 g/mol. The minimum Gasteiger partial charge on any atom is -0.494 e.